The second-order valence-corrected chi connectivity index (χ2v) is 4.75. The monoisotopic (exact) mass is 273 g/mol. The molecule has 0 heterocycles. The van der Waals surface area contributed by atoms with Gasteiger partial charge in [0.2, 0.25) is 0 Å². The summed E-state index contributed by atoms with van der Waals surface area (Å²) in [6.07, 6.45) is 0. The molecule has 0 saturated carbocycles. The van der Waals surface area contributed by atoms with Crippen molar-refractivity contribution in [3.05, 3.63) is 65.0 Å². The fourth-order valence-electron chi connectivity index (χ4n) is 1.87. The fraction of sp³-hybridized carbons (Fsp3) is 0.188. The zero-order chi connectivity index (χ0) is 14.7. The largest absolute Gasteiger partial charge is 0.508 e. The van der Waals surface area contributed by atoms with Gasteiger partial charge in [0.1, 0.15) is 11.6 Å². The number of hydrogen-bond donors (Lipinski definition) is 2. The molecule has 2 aromatic carbocycles. The molecule has 2 rings (SSSR count). The van der Waals surface area contributed by atoms with Gasteiger partial charge in [0.25, 0.3) is 5.91 Å². The first kappa shape index (κ1) is 14.1. The summed E-state index contributed by atoms with van der Waals surface area (Å²) in [4.78, 5) is 12.1. The van der Waals surface area contributed by atoms with Crippen LogP contribution in [0.1, 0.15) is 34.5 Å². The Kier molecular flexibility index (Phi) is 4.03. The van der Waals surface area contributed by atoms with E-state index in [2.05, 4.69) is 5.32 Å². The van der Waals surface area contributed by atoms with Crippen LogP contribution in [0.4, 0.5) is 4.39 Å². The number of phenolic OH excluding ortho intramolecular Hbond substituents is 1. The van der Waals surface area contributed by atoms with E-state index in [1.54, 1.807) is 31.2 Å². The lowest BCUT2D eigenvalue weighted by atomic mass is 10.1. The lowest BCUT2D eigenvalue weighted by Crippen LogP contribution is -2.26. The van der Waals surface area contributed by atoms with E-state index in [1.807, 2.05) is 6.92 Å². The van der Waals surface area contributed by atoms with Gasteiger partial charge in [-0.2, -0.15) is 0 Å². The highest BCUT2D eigenvalue weighted by Gasteiger charge is 2.12. The molecule has 0 radical (unpaired) electrons. The van der Waals surface area contributed by atoms with Crippen LogP contribution >= 0.6 is 0 Å². The molecular formula is C16H16FNO2. The van der Waals surface area contributed by atoms with Crippen molar-refractivity contribution in [2.24, 2.45) is 0 Å². The third-order valence-electron chi connectivity index (χ3n) is 3.19. The van der Waals surface area contributed by atoms with E-state index in [-0.39, 0.29) is 23.5 Å². The molecule has 0 bridgehead atoms. The third kappa shape index (κ3) is 3.15. The highest BCUT2D eigenvalue weighted by Crippen LogP contribution is 2.19. The molecule has 0 saturated heterocycles. The van der Waals surface area contributed by atoms with Crippen LogP contribution in [0.25, 0.3) is 0 Å². The quantitative estimate of drug-likeness (QED) is 0.901. The number of rotatable bonds is 3. The number of nitrogens with one attached hydrogen (secondary N) is 1. The Morgan fingerprint density at radius 3 is 2.45 bits per heavy atom. The number of benzene rings is 2. The number of amides is 1. The fourth-order valence-corrected chi connectivity index (χ4v) is 1.87. The Labute approximate surface area is 117 Å². The van der Waals surface area contributed by atoms with Crippen molar-refractivity contribution in [1.82, 2.24) is 5.32 Å². The second kappa shape index (κ2) is 5.74. The van der Waals surface area contributed by atoms with Gasteiger partial charge in [0.05, 0.1) is 6.04 Å². The second-order valence-electron chi connectivity index (χ2n) is 4.75. The van der Waals surface area contributed by atoms with Gasteiger partial charge in [-0.3, -0.25) is 4.79 Å². The normalized spacial score (nSPS) is 11.9. The molecule has 3 nitrogen and oxygen atoms in total. The van der Waals surface area contributed by atoms with E-state index in [0.29, 0.717) is 11.1 Å². The van der Waals surface area contributed by atoms with Crippen molar-refractivity contribution in [2.75, 3.05) is 0 Å². The van der Waals surface area contributed by atoms with Crippen molar-refractivity contribution in [3.8, 4) is 5.75 Å². The number of aryl methyl sites for hydroxylation is 1. The Hall–Kier alpha value is -2.36. The maximum absolute atomic E-state index is 12.8. The van der Waals surface area contributed by atoms with Crippen LogP contribution in [-0.4, -0.2) is 11.0 Å². The van der Waals surface area contributed by atoms with E-state index in [9.17, 15) is 14.3 Å². The Morgan fingerprint density at radius 2 is 1.85 bits per heavy atom. The Balaban J connectivity index is 2.10. The third-order valence-corrected chi connectivity index (χ3v) is 3.19. The maximum atomic E-state index is 12.8. The zero-order valence-electron chi connectivity index (χ0n) is 11.4. The summed E-state index contributed by atoms with van der Waals surface area (Å²) in [5, 5.41) is 12.4. The predicted octanol–water partition coefficient (Wildman–Crippen LogP) is 3.33. The molecule has 0 aliphatic rings. The van der Waals surface area contributed by atoms with Crippen LogP contribution in [0.2, 0.25) is 0 Å². The molecule has 0 aliphatic heterocycles. The molecule has 4 heteroatoms. The number of carbonyl (C=O) groups excluding carboxylic acids is 1. The highest BCUT2D eigenvalue weighted by molar-refractivity contribution is 5.94. The van der Waals surface area contributed by atoms with Gasteiger partial charge in [-0.15, -0.1) is 0 Å². The maximum Gasteiger partial charge on any atom is 0.251 e. The van der Waals surface area contributed by atoms with Gasteiger partial charge in [0, 0.05) is 5.56 Å². The van der Waals surface area contributed by atoms with Crippen LogP contribution in [0.5, 0.6) is 5.75 Å². The van der Waals surface area contributed by atoms with Gasteiger partial charge >= 0.3 is 0 Å². The van der Waals surface area contributed by atoms with E-state index in [4.69, 9.17) is 0 Å². The van der Waals surface area contributed by atoms with Gasteiger partial charge in [-0.1, -0.05) is 18.2 Å². The van der Waals surface area contributed by atoms with Crippen LogP contribution in [-0.2, 0) is 0 Å². The summed E-state index contributed by atoms with van der Waals surface area (Å²) in [7, 11) is 0. The smallest absolute Gasteiger partial charge is 0.251 e. The molecule has 0 aromatic heterocycles. The molecule has 2 aromatic rings. The highest BCUT2D eigenvalue weighted by atomic mass is 19.1. The summed E-state index contributed by atoms with van der Waals surface area (Å²) in [5.74, 6) is -0.500. The van der Waals surface area contributed by atoms with Gasteiger partial charge in [0.15, 0.2) is 0 Å². The molecule has 2 N–H and O–H groups in total. The molecule has 1 amide bonds. The minimum Gasteiger partial charge on any atom is -0.508 e. The Bertz CT molecular complexity index is 623. The molecule has 0 spiro atoms. The number of phenols is 1. The molecule has 1 atom stereocenters. The lowest BCUT2D eigenvalue weighted by molar-refractivity contribution is 0.0939. The summed E-state index contributed by atoms with van der Waals surface area (Å²) < 4.78 is 12.8. The summed E-state index contributed by atoms with van der Waals surface area (Å²) in [6.45, 7) is 3.58. The molecule has 104 valence electrons. The van der Waals surface area contributed by atoms with Crippen molar-refractivity contribution in [2.45, 2.75) is 19.9 Å². The predicted molar refractivity (Wildman–Crippen MR) is 75.1 cm³/mol. The van der Waals surface area contributed by atoms with Gasteiger partial charge in [-0.25, -0.2) is 4.39 Å². The minimum absolute atomic E-state index is 0.0899. The zero-order valence-corrected chi connectivity index (χ0v) is 11.4. The number of carbonyl (C=O) groups is 1. The number of aromatic hydroxyl groups is 1. The van der Waals surface area contributed by atoms with Crippen LogP contribution in [0, 0.1) is 12.7 Å². The molecule has 0 aliphatic carbocycles. The summed E-state index contributed by atoms with van der Waals surface area (Å²) in [5.41, 5.74) is 1.92. The van der Waals surface area contributed by atoms with E-state index in [0.717, 1.165) is 5.56 Å². The van der Waals surface area contributed by atoms with Gasteiger partial charge < -0.3 is 10.4 Å². The van der Waals surface area contributed by atoms with Crippen molar-refractivity contribution < 1.29 is 14.3 Å². The summed E-state index contributed by atoms with van der Waals surface area (Å²) in [6, 6.07) is 10.5. The number of halogens is 1. The first-order chi connectivity index (χ1) is 9.47. The minimum atomic E-state index is -0.310. The van der Waals surface area contributed by atoms with Crippen molar-refractivity contribution in [1.29, 1.82) is 0 Å². The molecule has 0 fully saturated rings. The molecule has 1 unspecified atom stereocenters. The van der Waals surface area contributed by atoms with Crippen LogP contribution in [0.15, 0.2) is 42.5 Å². The standard InChI is InChI=1S/C16H16FNO2/c1-10-3-4-13(9-15(10)19)16(20)18-11(2)12-5-7-14(17)8-6-12/h3-9,11,19H,1-2H3,(H,18,20). The topological polar surface area (TPSA) is 49.3 Å². The van der Waals surface area contributed by atoms with E-state index < -0.39 is 0 Å². The molecule has 20 heavy (non-hydrogen) atoms. The SMILES string of the molecule is Cc1ccc(C(=O)NC(C)c2ccc(F)cc2)cc1O. The summed E-state index contributed by atoms with van der Waals surface area (Å²) >= 11 is 0. The lowest BCUT2D eigenvalue weighted by Gasteiger charge is -2.14. The van der Waals surface area contributed by atoms with Crippen molar-refractivity contribution >= 4 is 5.91 Å². The number of hydrogen-bond acceptors (Lipinski definition) is 2. The van der Waals surface area contributed by atoms with E-state index >= 15 is 0 Å². The first-order valence-electron chi connectivity index (χ1n) is 6.33. The Morgan fingerprint density at radius 1 is 1.20 bits per heavy atom. The average molecular weight is 273 g/mol. The molecular weight excluding hydrogens is 257 g/mol. The average Bonchev–Trinajstić information content (AvgIpc) is 2.42. The van der Waals surface area contributed by atoms with Crippen LogP contribution in [0.3, 0.4) is 0 Å². The van der Waals surface area contributed by atoms with E-state index in [1.165, 1.54) is 18.2 Å². The first-order valence-corrected chi connectivity index (χ1v) is 6.33. The van der Waals surface area contributed by atoms with Gasteiger partial charge in [-0.05, 0) is 49.2 Å². The van der Waals surface area contributed by atoms with Crippen molar-refractivity contribution in [3.63, 3.8) is 0 Å². The van der Waals surface area contributed by atoms with Crippen LogP contribution < -0.4 is 5.32 Å².